The van der Waals surface area contributed by atoms with Crippen LogP contribution >= 0.6 is 0 Å². The minimum absolute atomic E-state index is 0.0793. The van der Waals surface area contributed by atoms with Crippen molar-refractivity contribution in [1.29, 1.82) is 0 Å². The molecule has 2 nitrogen and oxygen atoms in total. The summed E-state index contributed by atoms with van der Waals surface area (Å²) in [5.41, 5.74) is 4.16. The molecule has 19 heavy (non-hydrogen) atoms. The zero-order valence-corrected chi connectivity index (χ0v) is 11.1. The van der Waals surface area contributed by atoms with Gasteiger partial charge in [0.2, 0.25) is 0 Å². The van der Waals surface area contributed by atoms with Gasteiger partial charge in [-0.25, -0.2) is 0 Å². The van der Waals surface area contributed by atoms with E-state index in [1.165, 1.54) is 0 Å². The Morgan fingerprint density at radius 3 is 2.42 bits per heavy atom. The van der Waals surface area contributed by atoms with Crippen LogP contribution in [0.3, 0.4) is 0 Å². The van der Waals surface area contributed by atoms with Gasteiger partial charge >= 0.3 is 0 Å². The van der Waals surface area contributed by atoms with Crippen molar-refractivity contribution in [3.8, 4) is 11.3 Å². The van der Waals surface area contributed by atoms with Gasteiger partial charge in [-0.2, -0.15) is 0 Å². The smallest absolute Gasteiger partial charge is 0.190 e. The summed E-state index contributed by atoms with van der Waals surface area (Å²) in [7, 11) is 2.00. The molecular formula is C17H15NO. The van der Waals surface area contributed by atoms with E-state index in [0.29, 0.717) is 0 Å². The molecule has 1 heterocycles. The Morgan fingerprint density at radius 1 is 0.947 bits per heavy atom. The standard InChI is InChI=1S/C17H15NO/c1-12-8-9-15-14(10-12)17(19)11-16(18(15)2)13-6-4-3-5-7-13/h3-11H,1-2H3. The van der Waals surface area contributed by atoms with Gasteiger partial charge in [-0.15, -0.1) is 0 Å². The van der Waals surface area contributed by atoms with Gasteiger partial charge < -0.3 is 4.57 Å². The van der Waals surface area contributed by atoms with Crippen LogP contribution in [0.5, 0.6) is 0 Å². The molecule has 0 saturated heterocycles. The van der Waals surface area contributed by atoms with E-state index in [9.17, 15) is 4.79 Å². The highest BCUT2D eigenvalue weighted by atomic mass is 16.1. The average molecular weight is 249 g/mol. The van der Waals surface area contributed by atoms with E-state index < -0.39 is 0 Å². The molecule has 0 radical (unpaired) electrons. The number of hydrogen-bond acceptors (Lipinski definition) is 1. The summed E-state index contributed by atoms with van der Waals surface area (Å²) in [5.74, 6) is 0. The van der Waals surface area contributed by atoms with Gasteiger partial charge in [0.05, 0.1) is 11.2 Å². The second kappa shape index (κ2) is 4.39. The predicted octanol–water partition coefficient (Wildman–Crippen LogP) is 3.51. The largest absolute Gasteiger partial charge is 0.343 e. The zero-order chi connectivity index (χ0) is 13.4. The van der Waals surface area contributed by atoms with E-state index in [-0.39, 0.29) is 5.43 Å². The van der Waals surface area contributed by atoms with Crippen molar-refractivity contribution in [1.82, 2.24) is 4.57 Å². The van der Waals surface area contributed by atoms with Crippen molar-refractivity contribution >= 4 is 10.9 Å². The average Bonchev–Trinajstić information content (AvgIpc) is 2.43. The Hall–Kier alpha value is -2.35. The fourth-order valence-corrected chi connectivity index (χ4v) is 2.45. The van der Waals surface area contributed by atoms with Crippen molar-refractivity contribution in [3.05, 3.63) is 70.4 Å². The van der Waals surface area contributed by atoms with Gasteiger partial charge in [0.1, 0.15) is 0 Å². The highest BCUT2D eigenvalue weighted by Gasteiger charge is 2.07. The number of aryl methyl sites for hydroxylation is 2. The SMILES string of the molecule is Cc1ccc2c(c1)c(=O)cc(-c1ccccc1)n2C. The monoisotopic (exact) mass is 249 g/mol. The molecule has 0 saturated carbocycles. The van der Waals surface area contributed by atoms with Crippen LogP contribution in [-0.4, -0.2) is 4.57 Å². The molecule has 0 aliphatic heterocycles. The molecule has 0 spiro atoms. The Bertz CT molecular complexity index is 801. The fraction of sp³-hybridized carbons (Fsp3) is 0.118. The van der Waals surface area contributed by atoms with Crippen molar-refractivity contribution in [3.63, 3.8) is 0 Å². The summed E-state index contributed by atoms with van der Waals surface area (Å²) in [4.78, 5) is 12.3. The van der Waals surface area contributed by atoms with Crippen LogP contribution in [0.15, 0.2) is 59.4 Å². The van der Waals surface area contributed by atoms with Crippen molar-refractivity contribution < 1.29 is 0 Å². The minimum atomic E-state index is 0.0793. The van der Waals surface area contributed by atoms with Crippen LogP contribution in [0.4, 0.5) is 0 Å². The number of benzene rings is 2. The summed E-state index contributed by atoms with van der Waals surface area (Å²) < 4.78 is 2.07. The number of hydrogen-bond donors (Lipinski definition) is 0. The quantitative estimate of drug-likeness (QED) is 0.647. The predicted molar refractivity (Wildman–Crippen MR) is 79.4 cm³/mol. The van der Waals surface area contributed by atoms with Crippen LogP contribution in [0.1, 0.15) is 5.56 Å². The first-order chi connectivity index (χ1) is 9.16. The second-order valence-corrected chi connectivity index (χ2v) is 4.84. The highest BCUT2D eigenvalue weighted by Crippen LogP contribution is 2.21. The second-order valence-electron chi connectivity index (χ2n) is 4.84. The van der Waals surface area contributed by atoms with E-state index in [1.54, 1.807) is 6.07 Å². The first kappa shape index (κ1) is 11.7. The molecule has 2 heteroatoms. The summed E-state index contributed by atoms with van der Waals surface area (Å²) in [6.07, 6.45) is 0. The molecular weight excluding hydrogens is 234 g/mol. The molecule has 0 bridgehead atoms. The van der Waals surface area contributed by atoms with Crippen molar-refractivity contribution in [2.75, 3.05) is 0 Å². The van der Waals surface area contributed by atoms with Crippen LogP contribution < -0.4 is 5.43 Å². The third kappa shape index (κ3) is 1.95. The van der Waals surface area contributed by atoms with Crippen molar-refractivity contribution in [2.24, 2.45) is 7.05 Å². The Kier molecular flexibility index (Phi) is 2.71. The molecule has 3 rings (SSSR count). The van der Waals surface area contributed by atoms with Gasteiger partial charge in [0, 0.05) is 18.5 Å². The van der Waals surface area contributed by atoms with Gasteiger partial charge in [0.15, 0.2) is 5.43 Å². The van der Waals surface area contributed by atoms with Crippen LogP contribution in [0.2, 0.25) is 0 Å². The maximum absolute atomic E-state index is 12.3. The molecule has 94 valence electrons. The van der Waals surface area contributed by atoms with E-state index in [0.717, 1.165) is 27.7 Å². The number of pyridine rings is 1. The lowest BCUT2D eigenvalue weighted by Crippen LogP contribution is -2.09. The molecule has 1 aromatic heterocycles. The third-order valence-corrected chi connectivity index (χ3v) is 3.48. The number of rotatable bonds is 1. The molecule has 0 atom stereocenters. The van der Waals surface area contributed by atoms with E-state index in [1.807, 2.05) is 62.5 Å². The Labute approximate surface area is 111 Å². The fourth-order valence-electron chi connectivity index (χ4n) is 2.45. The minimum Gasteiger partial charge on any atom is -0.343 e. The maximum atomic E-state index is 12.3. The molecule has 0 aliphatic rings. The zero-order valence-electron chi connectivity index (χ0n) is 11.1. The van der Waals surface area contributed by atoms with E-state index in [4.69, 9.17) is 0 Å². The third-order valence-electron chi connectivity index (χ3n) is 3.48. The summed E-state index contributed by atoms with van der Waals surface area (Å²) in [5, 5.41) is 0.780. The maximum Gasteiger partial charge on any atom is 0.190 e. The topological polar surface area (TPSA) is 22.0 Å². The molecule has 0 N–H and O–H groups in total. The van der Waals surface area contributed by atoms with Crippen LogP contribution in [-0.2, 0) is 7.05 Å². The lowest BCUT2D eigenvalue weighted by Gasteiger charge is -2.12. The summed E-state index contributed by atoms with van der Waals surface area (Å²) in [6, 6.07) is 17.7. The molecule has 2 aromatic carbocycles. The van der Waals surface area contributed by atoms with Gasteiger partial charge in [-0.3, -0.25) is 4.79 Å². The number of aromatic nitrogens is 1. The van der Waals surface area contributed by atoms with Crippen LogP contribution in [0.25, 0.3) is 22.2 Å². The normalized spacial score (nSPS) is 10.8. The molecule has 0 unspecified atom stereocenters. The van der Waals surface area contributed by atoms with Crippen LogP contribution in [0, 0.1) is 6.92 Å². The molecule has 0 amide bonds. The van der Waals surface area contributed by atoms with Gasteiger partial charge in [-0.05, 0) is 24.6 Å². The van der Waals surface area contributed by atoms with E-state index in [2.05, 4.69) is 4.57 Å². The van der Waals surface area contributed by atoms with Crippen molar-refractivity contribution in [2.45, 2.75) is 6.92 Å². The molecule has 0 aliphatic carbocycles. The van der Waals surface area contributed by atoms with Gasteiger partial charge in [0.25, 0.3) is 0 Å². The first-order valence-corrected chi connectivity index (χ1v) is 6.32. The number of nitrogens with zero attached hydrogens (tertiary/aromatic N) is 1. The summed E-state index contributed by atoms with van der Waals surface area (Å²) >= 11 is 0. The Balaban J connectivity index is 2.38. The molecule has 0 fully saturated rings. The lowest BCUT2D eigenvalue weighted by atomic mass is 10.1. The van der Waals surface area contributed by atoms with E-state index >= 15 is 0 Å². The molecule has 3 aromatic rings. The first-order valence-electron chi connectivity index (χ1n) is 6.32. The highest BCUT2D eigenvalue weighted by molar-refractivity contribution is 5.83. The summed E-state index contributed by atoms with van der Waals surface area (Å²) in [6.45, 7) is 2.00. The lowest BCUT2D eigenvalue weighted by molar-refractivity contribution is 0.960. The number of fused-ring (bicyclic) bond motifs is 1. The van der Waals surface area contributed by atoms with Gasteiger partial charge in [-0.1, -0.05) is 42.0 Å². The Morgan fingerprint density at radius 2 is 1.68 bits per heavy atom.